The molecule has 3 aromatic carbocycles. The molecule has 0 atom stereocenters. The number of hydrogen-bond donors (Lipinski definition) is 0. The molecule has 0 aliphatic rings. The second-order valence-corrected chi connectivity index (χ2v) is 16.7. The number of hydrogen-bond acceptors (Lipinski definition) is 2. The third-order valence-corrected chi connectivity index (χ3v) is 13.3. The molecule has 0 fully saturated rings. The van der Waals surface area contributed by atoms with E-state index in [1.165, 1.54) is 12.1 Å². The average molecular weight is 1110 g/mol. The molecular weight excluding hydrogens is 1100 g/mol. The minimum atomic E-state index is -9.58. The highest BCUT2D eigenvalue weighted by atomic mass is 79.9. The van der Waals surface area contributed by atoms with Crippen LogP contribution in [0.1, 0.15) is 0 Å². The molecule has 0 unspecified atom stereocenters. The topological polar surface area (TPSA) is 26.3 Å². The summed E-state index contributed by atoms with van der Waals surface area (Å²) in [5, 5.41) is 0. The highest BCUT2D eigenvalue weighted by Crippen LogP contribution is 2.73. The number of halogens is 26. The van der Waals surface area contributed by atoms with Gasteiger partial charge in [-0.05, 0) is 78.6 Å². The zero-order valence-electron chi connectivity index (χ0n) is 27.0. The van der Waals surface area contributed by atoms with E-state index in [1.54, 1.807) is 0 Å². The van der Waals surface area contributed by atoms with Crippen molar-refractivity contribution < 1.29 is 110 Å². The highest BCUT2D eigenvalue weighted by Gasteiger charge is 2.99. The van der Waals surface area contributed by atoms with E-state index in [2.05, 4.69) is 47.8 Å². The molecule has 0 saturated carbocycles. The molecule has 29 heteroatoms. The summed E-state index contributed by atoms with van der Waals surface area (Å²) in [7, 11) is -4.53. The van der Waals surface area contributed by atoms with Gasteiger partial charge in [0.2, 0.25) is 0 Å². The first-order valence-corrected chi connectivity index (χ1v) is 18.3. The highest BCUT2D eigenvalue weighted by molar-refractivity contribution is 9.11. The fourth-order valence-electron chi connectivity index (χ4n) is 4.59. The third-order valence-electron chi connectivity index (χ3n) is 7.76. The number of alkyl halides is 23. The molecule has 0 N–H and O–H groups in total. The minimum absolute atomic E-state index is 0.110. The van der Waals surface area contributed by atoms with Crippen molar-refractivity contribution in [3.8, 4) is 0 Å². The molecule has 0 aliphatic heterocycles. The third kappa shape index (κ3) is 7.15. The van der Waals surface area contributed by atoms with E-state index in [1.807, 2.05) is 0 Å². The summed E-state index contributed by atoms with van der Waals surface area (Å²) in [6.45, 7) is 0. The lowest BCUT2D eigenvalue weighted by Crippen LogP contribution is -2.78. The molecule has 3 aromatic rings. The molecule has 0 aliphatic carbocycles. The summed E-state index contributed by atoms with van der Waals surface area (Å²) in [4.78, 5) is 11.5. The summed E-state index contributed by atoms with van der Waals surface area (Å²) >= 11 is 8.94. The quantitative estimate of drug-likeness (QED) is 0.150. The Kier molecular flexibility index (Phi) is 13.1. The van der Waals surface area contributed by atoms with Gasteiger partial charge < -0.3 is 4.18 Å². The van der Waals surface area contributed by atoms with E-state index in [4.69, 9.17) is 4.18 Å². The van der Waals surface area contributed by atoms with E-state index in [-0.39, 0.29) is 13.4 Å². The first kappa shape index (κ1) is 50.7. The van der Waals surface area contributed by atoms with Crippen molar-refractivity contribution in [1.29, 1.82) is 0 Å². The summed E-state index contributed by atoms with van der Waals surface area (Å²) in [5.41, 5.74) is 0. The van der Waals surface area contributed by atoms with Gasteiger partial charge in [0.25, 0.3) is 0 Å². The van der Waals surface area contributed by atoms with E-state index in [0.717, 1.165) is 60.7 Å². The Labute approximate surface area is 339 Å². The summed E-state index contributed by atoms with van der Waals surface area (Å²) in [6.07, 6.45) is -8.17. The van der Waals surface area contributed by atoms with Crippen molar-refractivity contribution in [2.24, 2.45) is 0 Å². The zero-order chi connectivity index (χ0) is 46.2. The molecule has 3 rings (SSSR count). The van der Waals surface area contributed by atoms with Gasteiger partial charge in [0.1, 0.15) is 0 Å². The maximum absolute atomic E-state index is 15.4. The van der Waals surface area contributed by atoms with Crippen LogP contribution in [0, 0.1) is 0 Å². The van der Waals surface area contributed by atoms with Crippen LogP contribution in [-0.2, 0) is 8.98 Å². The maximum Gasteiger partial charge on any atom is 0.460 e. The Morgan fingerprint density at radius 2 is 0.695 bits per heavy atom. The smallest absolute Gasteiger partial charge is 0.397 e. The van der Waals surface area contributed by atoms with Crippen molar-refractivity contribution in [2.75, 3.05) is 0 Å². The molecular formula is C30H12Br3F23O2S. The standard InChI is InChI=1S/C30H12Br3F23O2S/c31-13-11-16(32)18(17(33)12-13)59(14-7-3-1-4-8-14,15-9-5-2-6-10-15)58-19(57)20(34,35)21(36,37)22(38,39)23(40,41)24(42,43)25(44,45)26(46,47)27(48,49)28(50,51)29(52,53)30(54,55)56/h1-12H. The number of carbonyl (C=O) groups is 1. The fourth-order valence-corrected chi connectivity index (χ4v) is 11.3. The van der Waals surface area contributed by atoms with Crippen LogP contribution in [0.4, 0.5) is 101 Å². The number of rotatable bonds is 14. The minimum Gasteiger partial charge on any atom is -0.397 e. The van der Waals surface area contributed by atoms with Gasteiger partial charge in [-0.2, -0.15) is 101 Å². The Balaban J connectivity index is 2.29. The number of carbonyl (C=O) groups excluding carboxylic acids is 1. The van der Waals surface area contributed by atoms with Crippen molar-refractivity contribution >= 4 is 64.1 Å². The predicted octanol–water partition coefficient (Wildman–Crippen LogP) is 14.6. The SMILES string of the molecule is O=C(OS(c1ccccc1)(c1ccccc1)c1c(Br)cc(Br)cc1Br)C(F)(F)C(F)(F)C(F)(F)C(F)(F)C(F)(F)C(F)(F)C(F)(F)C(F)(F)C(F)(F)C(F)(F)C(F)(F)F. The normalized spacial score (nSPS) is 15.3. The van der Waals surface area contributed by atoms with Gasteiger partial charge in [-0.1, -0.05) is 52.3 Å². The molecule has 0 radical (unpaired) electrons. The van der Waals surface area contributed by atoms with Gasteiger partial charge in [-0.3, -0.25) is 0 Å². The molecule has 0 saturated heterocycles. The zero-order valence-corrected chi connectivity index (χ0v) is 32.6. The molecule has 0 heterocycles. The molecule has 59 heavy (non-hydrogen) atoms. The molecule has 0 amide bonds. The average Bonchev–Trinajstić information content (AvgIpc) is 3.10. The first-order valence-electron chi connectivity index (χ1n) is 14.3. The first-order chi connectivity index (χ1) is 26.2. The van der Waals surface area contributed by atoms with Crippen molar-refractivity contribution in [3.05, 3.63) is 86.2 Å². The lowest BCUT2D eigenvalue weighted by molar-refractivity contribution is -0.477. The second-order valence-electron chi connectivity index (χ2n) is 11.5. The van der Waals surface area contributed by atoms with Crippen LogP contribution in [0.5, 0.6) is 0 Å². The predicted molar refractivity (Wildman–Crippen MR) is 166 cm³/mol. The van der Waals surface area contributed by atoms with Crippen LogP contribution in [0.3, 0.4) is 0 Å². The lowest BCUT2D eigenvalue weighted by Gasteiger charge is -2.45. The van der Waals surface area contributed by atoms with Gasteiger partial charge in [0, 0.05) is 23.2 Å². The molecule has 0 spiro atoms. The van der Waals surface area contributed by atoms with Crippen LogP contribution in [0.25, 0.3) is 0 Å². The van der Waals surface area contributed by atoms with Crippen molar-refractivity contribution in [3.63, 3.8) is 0 Å². The lowest BCUT2D eigenvalue weighted by atomic mass is 9.85. The van der Waals surface area contributed by atoms with Crippen LogP contribution in [-0.4, -0.2) is 71.4 Å². The van der Waals surface area contributed by atoms with E-state index in [9.17, 15) is 88.2 Å². The largest absolute Gasteiger partial charge is 0.460 e. The molecule has 0 bridgehead atoms. The van der Waals surface area contributed by atoms with Crippen LogP contribution in [0.2, 0.25) is 0 Å². The van der Waals surface area contributed by atoms with Gasteiger partial charge in [0.15, 0.2) is 0 Å². The van der Waals surface area contributed by atoms with Gasteiger partial charge >= 0.3 is 71.4 Å². The van der Waals surface area contributed by atoms with Gasteiger partial charge in [-0.15, -0.1) is 0 Å². The Hall–Kier alpha value is -2.69. The Morgan fingerprint density at radius 1 is 0.424 bits per heavy atom. The summed E-state index contributed by atoms with van der Waals surface area (Å²) in [6, 6.07) is 12.5. The molecule has 0 aromatic heterocycles. The van der Waals surface area contributed by atoms with E-state index < -0.39 is 96.4 Å². The van der Waals surface area contributed by atoms with Crippen molar-refractivity contribution in [1.82, 2.24) is 0 Å². The van der Waals surface area contributed by atoms with E-state index >= 15 is 17.6 Å². The van der Waals surface area contributed by atoms with Gasteiger partial charge in [-0.25, -0.2) is 4.79 Å². The van der Waals surface area contributed by atoms with E-state index in [0.29, 0.717) is 0 Å². The van der Waals surface area contributed by atoms with Crippen LogP contribution >= 0.6 is 58.1 Å². The second kappa shape index (κ2) is 15.3. The Bertz CT molecular complexity index is 1960. The number of benzene rings is 3. The van der Waals surface area contributed by atoms with Gasteiger partial charge in [0.05, 0.1) is 4.90 Å². The van der Waals surface area contributed by atoms with Crippen LogP contribution < -0.4 is 0 Å². The fraction of sp³-hybridized carbons (Fsp3) is 0.367. The van der Waals surface area contributed by atoms with Crippen LogP contribution in [0.15, 0.2) is 101 Å². The molecule has 332 valence electrons. The monoisotopic (exact) mass is 1110 g/mol. The summed E-state index contributed by atoms with van der Waals surface area (Å²) < 4.78 is 328. The summed E-state index contributed by atoms with van der Waals surface area (Å²) in [5.74, 6) is -94.8. The van der Waals surface area contributed by atoms with Crippen molar-refractivity contribution in [2.45, 2.75) is 80.1 Å². The molecule has 2 nitrogen and oxygen atoms in total. The Morgan fingerprint density at radius 3 is 0.983 bits per heavy atom. The maximum atomic E-state index is 15.4.